The number of allylic oxidation sites excluding steroid dienone is 1. The van der Waals surface area contributed by atoms with E-state index in [0.717, 1.165) is 39.0 Å². The van der Waals surface area contributed by atoms with Crippen LogP contribution in [0.2, 0.25) is 0 Å². The van der Waals surface area contributed by atoms with Crippen LogP contribution in [0.4, 0.5) is 5.69 Å². The van der Waals surface area contributed by atoms with E-state index in [9.17, 15) is 0 Å². The standard InChI is InChI=1S/C14H21NO/c1-2-3-7-12-16-13-8-11-15-14-9-5-4-6-10-14/h2,4-6,9-10,15H,1,3,7-8,11-13H2. The van der Waals surface area contributed by atoms with Gasteiger partial charge in [-0.25, -0.2) is 0 Å². The molecule has 1 rings (SSSR count). The molecule has 0 aromatic heterocycles. The largest absolute Gasteiger partial charge is 0.385 e. The molecule has 0 bridgehead atoms. The second-order valence-electron chi connectivity index (χ2n) is 3.69. The molecule has 0 fully saturated rings. The summed E-state index contributed by atoms with van der Waals surface area (Å²) in [7, 11) is 0. The molecule has 0 saturated carbocycles. The Balaban J connectivity index is 1.90. The van der Waals surface area contributed by atoms with Crippen LogP contribution < -0.4 is 5.32 Å². The summed E-state index contributed by atoms with van der Waals surface area (Å²) in [5.74, 6) is 0. The normalized spacial score (nSPS) is 10.0. The fourth-order valence-corrected chi connectivity index (χ4v) is 1.39. The topological polar surface area (TPSA) is 21.3 Å². The maximum atomic E-state index is 5.49. The summed E-state index contributed by atoms with van der Waals surface area (Å²) in [6.07, 6.45) is 5.10. The van der Waals surface area contributed by atoms with Gasteiger partial charge in [0.15, 0.2) is 0 Å². The maximum Gasteiger partial charge on any atom is 0.0482 e. The van der Waals surface area contributed by atoms with Crippen molar-refractivity contribution in [3.63, 3.8) is 0 Å². The first kappa shape index (κ1) is 12.8. The Morgan fingerprint density at radius 1 is 1.12 bits per heavy atom. The second-order valence-corrected chi connectivity index (χ2v) is 3.69. The minimum atomic E-state index is 0.830. The van der Waals surface area contributed by atoms with E-state index in [1.165, 1.54) is 5.69 Å². The number of anilines is 1. The number of nitrogens with one attached hydrogen (secondary N) is 1. The van der Waals surface area contributed by atoms with Gasteiger partial charge >= 0.3 is 0 Å². The first-order chi connectivity index (χ1) is 7.93. The quantitative estimate of drug-likeness (QED) is 0.507. The van der Waals surface area contributed by atoms with Crippen LogP contribution in [0.1, 0.15) is 19.3 Å². The van der Waals surface area contributed by atoms with Crippen LogP contribution in [0, 0.1) is 0 Å². The number of benzene rings is 1. The molecule has 1 aromatic rings. The molecular formula is C14H21NO. The molecule has 0 aliphatic heterocycles. The van der Waals surface area contributed by atoms with Gasteiger partial charge in [0, 0.05) is 25.4 Å². The van der Waals surface area contributed by atoms with Gasteiger partial charge < -0.3 is 10.1 Å². The monoisotopic (exact) mass is 219 g/mol. The predicted octanol–water partition coefficient (Wildman–Crippen LogP) is 3.47. The lowest BCUT2D eigenvalue weighted by molar-refractivity contribution is 0.132. The van der Waals surface area contributed by atoms with E-state index in [2.05, 4.69) is 24.0 Å². The molecule has 0 unspecified atom stereocenters. The molecule has 0 aliphatic rings. The fourth-order valence-electron chi connectivity index (χ4n) is 1.39. The lowest BCUT2D eigenvalue weighted by Crippen LogP contribution is -2.06. The zero-order valence-electron chi connectivity index (χ0n) is 9.82. The van der Waals surface area contributed by atoms with Crippen molar-refractivity contribution in [3.8, 4) is 0 Å². The molecule has 0 atom stereocenters. The van der Waals surface area contributed by atoms with E-state index in [0.29, 0.717) is 0 Å². The van der Waals surface area contributed by atoms with Crippen molar-refractivity contribution < 1.29 is 4.74 Å². The number of hydrogen-bond acceptors (Lipinski definition) is 2. The van der Waals surface area contributed by atoms with Crippen LogP contribution in [0.15, 0.2) is 43.0 Å². The Morgan fingerprint density at radius 3 is 2.62 bits per heavy atom. The van der Waals surface area contributed by atoms with Crippen molar-refractivity contribution in [3.05, 3.63) is 43.0 Å². The van der Waals surface area contributed by atoms with Crippen molar-refractivity contribution in [1.82, 2.24) is 0 Å². The molecule has 2 nitrogen and oxygen atoms in total. The highest BCUT2D eigenvalue weighted by Gasteiger charge is 1.90. The molecule has 1 N–H and O–H groups in total. The van der Waals surface area contributed by atoms with Crippen molar-refractivity contribution in [1.29, 1.82) is 0 Å². The Hall–Kier alpha value is -1.28. The molecule has 0 radical (unpaired) electrons. The van der Waals surface area contributed by atoms with E-state index in [-0.39, 0.29) is 0 Å². The number of ether oxygens (including phenoxy) is 1. The average Bonchev–Trinajstić information content (AvgIpc) is 2.34. The molecule has 0 amide bonds. The third kappa shape index (κ3) is 6.25. The number of unbranched alkanes of at least 4 members (excludes halogenated alkanes) is 1. The summed E-state index contributed by atoms with van der Waals surface area (Å²) < 4.78 is 5.49. The second kappa shape index (κ2) is 8.98. The highest BCUT2D eigenvalue weighted by molar-refractivity contribution is 5.42. The Bertz CT molecular complexity index is 271. The van der Waals surface area contributed by atoms with Gasteiger partial charge in [0.05, 0.1) is 0 Å². The predicted molar refractivity (Wildman–Crippen MR) is 69.8 cm³/mol. The lowest BCUT2D eigenvalue weighted by atomic mass is 10.3. The van der Waals surface area contributed by atoms with Crippen molar-refractivity contribution in [2.24, 2.45) is 0 Å². The van der Waals surface area contributed by atoms with Crippen LogP contribution in [0.3, 0.4) is 0 Å². The van der Waals surface area contributed by atoms with Crippen molar-refractivity contribution in [2.75, 3.05) is 25.1 Å². The third-order valence-electron chi connectivity index (χ3n) is 2.27. The van der Waals surface area contributed by atoms with E-state index < -0.39 is 0 Å². The van der Waals surface area contributed by atoms with Gasteiger partial charge in [-0.1, -0.05) is 24.3 Å². The van der Waals surface area contributed by atoms with Gasteiger partial charge in [-0.15, -0.1) is 6.58 Å². The van der Waals surface area contributed by atoms with E-state index >= 15 is 0 Å². The first-order valence-electron chi connectivity index (χ1n) is 5.91. The third-order valence-corrected chi connectivity index (χ3v) is 2.27. The van der Waals surface area contributed by atoms with E-state index in [1.54, 1.807) is 0 Å². The minimum Gasteiger partial charge on any atom is -0.385 e. The van der Waals surface area contributed by atoms with E-state index in [4.69, 9.17) is 4.74 Å². The Morgan fingerprint density at radius 2 is 1.88 bits per heavy atom. The van der Waals surface area contributed by atoms with Crippen LogP contribution in [0.5, 0.6) is 0 Å². The summed E-state index contributed by atoms with van der Waals surface area (Å²) >= 11 is 0. The minimum absolute atomic E-state index is 0.830. The van der Waals surface area contributed by atoms with Gasteiger partial charge in [-0.05, 0) is 31.4 Å². The number of hydrogen-bond donors (Lipinski definition) is 1. The fraction of sp³-hybridized carbons (Fsp3) is 0.429. The summed E-state index contributed by atoms with van der Waals surface area (Å²) in [5.41, 5.74) is 1.18. The van der Waals surface area contributed by atoms with Crippen molar-refractivity contribution >= 4 is 5.69 Å². The zero-order chi connectivity index (χ0) is 11.5. The Kier molecular flexibility index (Phi) is 7.18. The molecule has 1 aromatic carbocycles. The Labute approximate surface area is 98.3 Å². The highest BCUT2D eigenvalue weighted by Crippen LogP contribution is 2.04. The van der Waals surface area contributed by atoms with Gasteiger partial charge in [0.1, 0.15) is 0 Å². The molecule has 0 spiro atoms. The van der Waals surface area contributed by atoms with Crippen LogP contribution >= 0.6 is 0 Å². The zero-order valence-corrected chi connectivity index (χ0v) is 9.82. The highest BCUT2D eigenvalue weighted by atomic mass is 16.5. The summed E-state index contributed by atoms with van der Waals surface area (Å²) in [4.78, 5) is 0. The molecule has 0 saturated heterocycles. The molecule has 0 heterocycles. The molecular weight excluding hydrogens is 198 g/mol. The van der Waals surface area contributed by atoms with Crippen LogP contribution in [-0.2, 0) is 4.74 Å². The molecule has 2 heteroatoms. The van der Waals surface area contributed by atoms with Gasteiger partial charge in [0.2, 0.25) is 0 Å². The summed E-state index contributed by atoms with van der Waals surface area (Å²) in [6, 6.07) is 10.2. The van der Waals surface area contributed by atoms with Gasteiger partial charge in [-0.3, -0.25) is 0 Å². The van der Waals surface area contributed by atoms with E-state index in [1.807, 2.05) is 24.3 Å². The molecule has 0 aliphatic carbocycles. The van der Waals surface area contributed by atoms with Crippen LogP contribution in [0.25, 0.3) is 0 Å². The molecule has 88 valence electrons. The SMILES string of the molecule is C=CCCCOCCCNc1ccccc1. The average molecular weight is 219 g/mol. The number of para-hydroxylation sites is 1. The van der Waals surface area contributed by atoms with Gasteiger partial charge in [-0.2, -0.15) is 0 Å². The first-order valence-corrected chi connectivity index (χ1v) is 5.91. The van der Waals surface area contributed by atoms with Crippen molar-refractivity contribution in [2.45, 2.75) is 19.3 Å². The maximum absolute atomic E-state index is 5.49. The smallest absolute Gasteiger partial charge is 0.0482 e. The van der Waals surface area contributed by atoms with Crippen LogP contribution in [-0.4, -0.2) is 19.8 Å². The summed E-state index contributed by atoms with van der Waals surface area (Å²) in [5, 5.41) is 3.35. The van der Waals surface area contributed by atoms with Gasteiger partial charge in [0.25, 0.3) is 0 Å². The number of rotatable bonds is 9. The summed E-state index contributed by atoms with van der Waals surface area (Å²) in [6.45, 7) is 6.31. The lowest BCUT2D eigenvalue weighted by Gasteiger charge is -2.06. The molecule has 16 heavy (non-hydrogen) atoms.